The van der Waals surface area contributed by atoms with Crippen LogP contribution in [0, 0.1) is 11.8 Å². The molecule has 1 fully saturated rings. The molecule has 0 aliphatic carbocycles. The fourth-order valence-electron chi connectivity index (χ4n) is 2.09. The summed E-state index contributed by atoms with van der Waals surface area (Å²) >= 11 is 0. The molecule has 1 saturated heterocycles. The first-order valence-corrected chi connectivity index (χ1v) is 4.52. The largest absolute Gasteiger partial charge is 0.505 e. The number of fused-ring (bicyclic) bond motifs is 2. The molecule has 2 aliphatic rings. The second-order valence-corrected chi connectivity index (χ2v) is 3.54. The number of hydrogen-bond acceptors (Lipinski definition) is 4. The van der Waals surface area contributed by atoms with E-state index in [1.54, 1.807) is 0 Å². The summed E-state index contributed by atoms with van der Waals surface area (Å²) in [5, 5.41) is 17.5. The van der Waals surface area contributed by atoms with E-state index in [9.17, 15) is 4.79 Å². The lowest BCUT2D eigenvalue weighted by Crippen LogP contribution is -2.31. The maximum atomic E-state index is 10.2. The molecule has 5 nitrogen and oxygen atoms in total. The molecule has 2 N–H and O–H groups in total. The molecule has 14 heavy (non-hydrogen) atoms. The Balaban J connectivity index is 1.97. The third-order valence-electron chi connectivity index (χ3n) is 2.81. The van der Waals surface area contributed by atoms with Crippen molar-refractivity contribution < 1.29 is 24.5 Å². The maximum absolute atomic E-state index is 10.2. The molecule has 4 atom stereocenters. The first-order valence-electron chi connectivity index (χ1n) is 4.52. The molecule has 0 aromatic rings. The van der Waals surface area contributed by atoms with E-state index in [0.29, 0.717) is 0 Å². The highest BCUT2D eigenvalue weighted by Gasteiger charge is 2.45. The molecule has 78 valence electrons. The van der Waals surface area contributed by atoms with Crippen molar-refractivity contribution >= 4 is 6.16 Å². The Kier molecular flexibility index (Phi) is 2.43. The maximum Gasteiger partial charge on any atom is 0.505 e. The Morgan fingerprint density at radius 2 is 2.00 bits per heavy atom. The number of hydrogen-bond donors (Lipinski definition) is 2. The van der Waals surface area contributed by atoms with Crippen LogP contribution in [0.25, 0.3) is 0 Å². The van der Waals surface area contributed by atoms with Crippen LogP contribution in [0.1, 0.15) is 0 Å². The van der Waals surface area contributed by atoms with Crippen molar-refractivity contribution in [2.75, 3.05) is 13.2 Å². The fourth-order valence-corrected chi connectivity index (χ4v) is 2.09. The average Bonchev–Trinajstić information content (AvgIpc) is 2.72. The van der Waals surface area contributed by atoms with Crippen LogP contribution in [-0.4, -0.2) is 41.8 Å². The molecule has 2 rings (SSSR count). The zero-order chi connectivity index (χ0) is 10.1. The van der Waals surface area contributed by atoms with Gasteiger partial charge in [0.25, 0.3) is 0 Å². The van der Waals surface area contributed by atoms with Gasteiger partial charge in [-0.05, 0) is 0 Å². The summed E-state index contributed by atoms with van der Waals surface area (Å²) < 4.78 is 9.98. The van der Waals surface area contributed by atoms with Crippen LogP contribution in [-0.2, 0) is 9.47 Å². The predicted molar refractivity (Wildman–Crippen MR) is 45.8 cm³/mol. The first kappa shape index (κ1) is 9.48. The molecule has 5 heteroatoms. The molecule has 0 aromatic carbocycles. The van der Waals surface area contributed by atoms with Gasteiger partial charge in [-0.1, -0.05) is 12.2 Å². The summed E-state index contributed by atoms with van der Waals surface area (Å²) in [6.45, 7) is 0.0885. The van der Waals surface area contributed by atoms with Crippen molar-refractivity contribution in [3.8, 4) is 0 Å². The fraction of sp³-hybridized carbons (Fsp3) is 0.667. The summed E-state index contributed by atoms with van der Waals surface area (Å²) in [5.74, 6) is -0.0875. The summed E-state index contributed by atoms with van der Waals surface area (Å²) in [7, 11) is 0. The summed E-state index contributed by atoms with van der Waals surface area (Å²) in [4.78, 5) is 10.2. The Hall–Kier alpha value is -1.07. The Morgan fingerprint density at radius 3 is 2.57 bits per heavy atom. The van der Waals surface area contributed by atoms with Gasteiger partial charge in [-0.2, -0.15) is 0 Å². The molecule has 0 radical (unpaired) electrons. The predicted octanol–water partition coefficient (Wildman–Crippen LogP) is 0.243. The SMILES string of the molecule is O=C(O)OCC1C2C=CC(O2)C1CO. The number of ether oxygens (including phenoxy) is 2. The summed E-state index contributed by atoms with van der Waals surface area (Å²) in [6, 6.07) is 0. The quantitative estimate of drug-likeness (QED) is 0.504. The molecule has 0 aromatic heterocycles. The van der Waals surface area contributed by atoms with Gasteiger partial charge < -0.3 is 19.7 Å². The molecule has 2 aliphatic heterocycles. The van der Waals surface area contributed by atoms with Crippen molar-refractivity contribution in [2.24, 2.45) is 11.8 Å². The van der Waals surface area contributed by atoms with Crippen molar-refractivity contribution in [3.05, 3.63) is 12.2 Å². The second-order valence-electron chi connectivity index (χ2n) is 3.54. The van der Waals surface area contributed by atoms with Gasteiger partial charge in [0.15, 0.2) is 0 Å². The van der Waals surface area contributed by atoms with Gasteiger partial charge in [0.2, 0.25) is 0 Å². The van der Waals surface area contributed by atoms with Crippen LogP contribution in [0.2, 0.25) is 0 Å². The van der Waals surface area contributed by atoms with E-state index in [4.69, 9.17) is 14.9 Å². The van der Waals surface area contributed by atoms with Gasteiger partial charge in [0.05, 0.1) is 12.2 Å². The van der Waals surface area contributed by atoms with E-state index < -0.39 is 6.16 Å². The van der Waals surface area contributed by atoms with Crippen LogP contribution >= 0.6 is 0 Å². The van der Waals surface area contributed by atoms with Crippen LogP contribution in [0.4, 0.5) is 4.79 Å². The average molecular weight is 200 g/mol. The van der Waals surface area contributed by atoms with Gasteiger partial charge in [-0.15, -0.1) is 0 Å². The zero-order valence-corrected chi connectivity index (χ0v) is 7.50. The molecule has 0 amide bonds. The third kappa shape index (κ3) is 1.49. The van der Waals surface area contributed by atoms with E-state index in [-0.39, 0.29) is 37.3 Å². The van der Waals surface area contributed by atoms with E-state index in [1.807, 2.05) is 12.2 Å². The Morgan fingerprint density at radius 1 is 1.36 bits per heavy atom. The van der Waals surface area contributed by atoms with Gasteiger partial charge >= 0.3 is 6.16 Å². The van der Waals surface area contributed by atoms with E-state index in [0.717, 1.165) is 0 Å². The zero-order valence-electron chi connectivity index (χ0n) is 7.50. The van der Waals surface area contributed by atoms with Gasteiger partial charge in [-0.3, -0.25) is 0 Å². The van der Waals surface area contributed by atoms with Crippen LogP contribution in [0.15, 0.2) is 12.2 Å². The minimum Gasteiger partial charge on any atom is -0.450 e. The Bertz CT molecular complexity index is 262. The minimum atomic E-state index is -1.28. The van der Waals surface area contributed by atoms with Crippen LogP contribution < -0.4 is 0 Å². The monoisotopic (exact) mass is 200 g/mol. The molecule has 4 unspecified atom stereocenters. The summed E-state index contributed by atoms with van der Waals surface area (Å²) in [5.41, 5.74) is 0. The molecular formula is C9H12O5. The lowest BCUT2D eigenvalue weighted by Gasteiger charge is -2.21. The van der Waals surface area contributed by atoms with Gasteiger partial charge in [0.1, 0.15) is 6.61 Å². The van der Waals surface area contributed by atoms with Crippen molar-refractivity contribution in [1.82, 2.24) is 0 Å². The lowest BCUT2D eigenvalue weighted by atomic mass is 9.84. The highest BCUT2D eigenvalue weighted by molar-refractivity contribution is 5.56. The standard InChI is InChI=1S/C9H12O5/c10-3-5-6(4-13-9(11)12)8-2-1-7(5)14-8/h1-2,5-8,10H,3-4H2,(H,11,12). The summed E-state index contributed by atoms with van der Waals surface area (Å²) in [6.07, 6.45) is 2.34. The topological polar surface area (TPSA) is 76.0 Å². The van der Waals surface area contributed by atoms with Crippen LogP contribution in [0.3, 0.4) is 0 Å². The van der Waals surface area contributed by atoms with E-state index in [2.05, 4.69) is 4.74 Å². The second kappa shape index (κ2) is 3.59. The van der Waals surface area contributed by atoms with Gasteiger partial charge in [0, 0.05) is 18.4 Å². The molecule has 0 spiro atoms. The third-order valence-corrected chi connectivity index (χ3v) is 2.81. The smallest absolute Gasteiger partial charge is 0.450 e. The van der Waals surface area contributed by atoms with E-state index in [1.165, 1.54) is 0 Å². The first-order chi connectivity index (χ1) is 6.72. The minimum absolute atomic E-state index is 0.000841. The lowest BCUT2D eigenvalue weighted by molar-refractivity contribution is 0.0549. The number of carbonyl (C=O) groups is 1. The number of carboxylic acid groups (broad SMARTS) is 1. The van der Waals surface area contributed by atoms with Gasteiger partial charge in [-0.25, -0.2) is 4.79 Å². The molecule has 2 heterocycles. The number of aliphatic hydroxyl groups excluding tert-OH is 1. The number of rotatable bonds is 3. The van der Waals surface area contributed by atoms with Crippen molar-refractivity contribution in [2.45, 2.75) is 12.2 Å². The van der Waals surface area contributed by atoms with Crippen molar-refractivity contribution in [3.63, 3.8) is 0 Å². The molecule has 0 saturated carbocycles. The normalized spacial score (nSPS) is 38.9. The molecular weight excluding hydrogens is 188 g/mol. The van der Waals surface area contributed by atoms with Crippen molar-refractivity contribution in [1.29, 1.82) is 0 Å². The van der Waals surface area contributed by atoms with E-state index >= 15 is 0 Å². The highest BCUT2D eigenvalue weighted by atomic mass is 16.7. The number of aliphatic hydroxyl groups is 1. The Labute approximate surface area is 80.9 Å². The molecule has 2 bridgehead atoms. The van der Waals surface area contributed by atoms with Crippen LogP contribution in [0.5, 0.6) is 0 Å². The highest BCUT2D eigenvalue weighted by Crippen LogP contribution is 2.38.